The number of aliphatic hydroxyl groups excluding tert-OH is 1. The van der Waals surface area contributed by atoms with E-state index in [4.69, 9.17) is 9.47 Å². The van der Waals surface area contributed by atoms with Crippen molar-refractivity contribution in [2.24, 2.45) is 0 Å². The van der Waals surface area contributed by atoms with Gasteiger partial charge in [0.1, 0.15) is 17.1 Å². The average Bonchev–Trinajstić information content (AvgIpc) is 2.81. The summed E-state index contributed by atoms with van der Waals surface area (Å²) in [6.07, 6.45) is 0.110. The van der Waals surface area contributed by atoms with Gasteiger partial charge in [0, 0.05) is 6.54 Å². The molecule has 0 unspecified atom stereocenters. The van der Waals surface area contributed by atoms with Crippen molar-refractivity contribution in [2.45, 2.75) is 32.5 Å². The lowest BCUT2D eigenvalue weighted by atomic mass is 10.0. The minimum absolute atomic E-state index is 0.115. The van der Waals surface area contributed by atoms with Gasteiger partial charge in [0.2, 0.25) is 0 Å². The number of ether oxygens (including phenoxy) is 2. The normalized spacial score (nSPS) is 11.9. The predicted molar refractivity (Wildman–Crippen MR) is 129 cm³/mol. The topological polar surface area (TPSA) is 88.0 Å². The zero-order chi connectivity index (χ0) is 23.8. The second kappa shape index (κ2) is 11.5. The number of benzene rings is 3. The van der Waals surface area contributed by atoms with E-state index >= 15 is 0 Å². The molecule has 0 bridgehead atoms. The predicted octanol–water partition coefficient (Wildman–Crippen LogP) is 4.71. The van der Waals surface area contributed by atoms with E-state index in [-0.39, 0.29) is 11.7 Å². The molecule has 3 N–H and O–H groups in total. The molecule has 6 heteroatoms. The van der Waals surface area contributed by atoms with E-state index in [1.54, 1.807) is 25.3 Å². The fourth-order valence-corrected chi connectivity index (χ4v) is 3.53. The molecule has 6 nitrogen and oxygen atoms in total. The van der Waals surface area contributed by atoms with E-state index in [2.05, 4.69) is 17.4 Å². The minimum atomic E-state index is -1.00. The van der Waals surface area contributed by atoms with Crippen LogP contribution in [0.4, 0.5) is 0 Å². The van der Waals surface area contributed by atoms with Crippen molar-refractivity contribution in [3.63, 3.8) is 0 Å². The van der Waals surface area contributed by atoms with Gasteiger partial charge in [-0.15, -0.1) is 0 Å². The highest BCUT2D eigenvalue weighted by Gasteiger charge is 2.14. The van der Waals surface area contributed by atoms with Crippen LogP contribution in [-0.2, 0) is 6.42 Å². The van der Waals surface area contributed by atoms with Crippen molar-refractivity contribution in [3.05, 3.63) is 83.4 Å². The van der Waals surface area contributed by atoms with Gasteiger partial charge in [0.05, 0.1) is 19.3 Å². The van der Waals surface area contributed by atoms with E-state index in [0.717, 1.165) is 35.4 Å². The molecule has 0 saturated carbocycles. The summed E-state index contributed by atoms with van der Waals surface area (Å²) in [6, 6.07) is 20.8. The molecule has 0 amide bonds. The second-order valence-corrected chi connectivity index (χ2v) is 8.13. The number of carboxylic acids is 1. The highest BCUT2D eigenvalue weighted by atomic mass is 16.5. The molecule has 0 saturated heterocycles. The van der Waals surface area contributed by atoms with Gasteiger partial charge in [-0.1, -0.05) is 42.5 Å². The molecule has 0 spiro atoms. The molecule has 3 aromatic carbocycles. The number of nitrogens with one attached hydrogen (secondary N) is 1. The van der Waals surface area contributed by atoms with Crippen molar-refractivity contribution < 1.29 is 24.5 Å². The minimum Gasteiger partial charge on any atom is -0.497 e. The summed E-state index contributed by atoms with van der Waals surface area (Å²) in [4.78, 5) is 11.5. The Hall–Kier alpha value is -3.35. The molecule has 0 heterocycles. The van der Waals surface area contributed by atoms with Crippen molar-refractivity contribution in [3.8, 4) is 22.6 Å². The summed E-state index contributed by atoms with van der Waals surface area (Å²) >= 11 is 0. The molecule has 0 aliphatic carbocycles. The van der Waals surface area contributed by atoms with Crippen LogP contribution >= 0.6 is 0 Å². The van der Waals surface area contributed by atoms with E-state index in [9.17, 15) is 15.0 Å². The number of aromatic carboxylic acids is 1. The van der Waals surface area contributed by atoms with E-state index in [1.165, 1.54) is 5.56 Å². The SMILES string of the molecule is COc1cccc([C@H](O)CNCCc2ccc(-c3ccc(C(=O)O)c(OC(C)C)c3)cc2)c1. The largest absolute Gasteiger partial charge is 0.497 e. The van der Waals surface area contributed by atoms with Crippen LogP contribution in [0.2, 0.25) is 0 Å². The van der Waals surface area contributed by atoms with Crippen LogP contribution in [0.25, 0.3) is 11.1 Å². The number of hydrogen-bond donors (Lipinski definition) is 3. The van der Waals surface area contributed by atoms with Crippen LogP contribution in [0.3, 0.4) is 0 Å². The second-order valence-electron chi connectivity index (χ2n) is 8.13. The monoisotopic (exact) mass is 449 g/mol. The molecule has 33 heavy (non-hydrogen) atoms. The van der Waals surface area contributed by atoms with Gasteiger partial charge in [-0.3, -0.25) is 0 Å². The Balaban J connectivity index is 1.56. The number of carboxylic acid groups (broad SMARTS) is 1. The van der Waals surface area contributed by atoms with Crippen LogP contribution in [0.15, 0.2) is 66.7 Å². The summed E-state index contributed by atoms with van der Waals surface area (Å²) in [5.74, 6) is 0.0987. The molecule has 0 aromatic heterocycles. The summed E-state index contributed by atoms with van der Waals surface area (Å²) in [7, 11) is 1.61. The van der Waals surface area contributed by atoms with Crippen molar-refractivity contribution >= 4 is 5.97 Å². The average molecular weight is 450 g/mol. The van der Waals surface area contributed by atoms with Crippen LogP contribution in [0.5, 0.6) is 11.5 Å². The Labute approximate surface area is 194 Å². The quantitative estimate of drug-likeness (QED) is 0.367. The Kier molecular flexibility index (Phi) is 8.46. The summed E-state index contributed by atoms with van der Waals surface area (Å²) in [6.45, 7) is 4.94. The Bertz CT molecular complexity index is 1060. The zero-order valence-corrected chi connectivity index (χ0v) is 19.2. The number of rotatable bonds is 11. The molecular weight excluding hydrogens is 418 g/mol. The molecule has 3 rings (SSSR count). The van der Waals surface area contributed by atoms with Gasteiger partial charge >= 0.3 is 5.97 Å². The lowest BCUT2D eigenvalue weighted by molar-refractivity contribution is 0.0690. The standard InChI is InChI=1S/C27H31NO5/c1-18(2)33-26-16-21(11-12-24(26)27(30)31)20-9-7-19(8-10-20)13-14-28-17-25(29)22-5-4-6-23(15-22)32-3/h4-12,15-16,18,25,28-29H,13-14,17H2,1-3H3,(H,30,31)/t25-/m1/s1. The van der Waals surface area contributed by atoms with Crippen LogP contribution < -0.4 is 14.8 Å². The molecule has 1 atom stereocenters. The van der Waals surface area contributed by atoms with Crippen LogP contribution in [0.1, 0.15) is 41.4 Å². The smallest absolute Gasteiger partial charge is 0.339 e. The first kappa shape index (κ1) is 24.3. The van der Waals surface area contributed by atoms with Crippen molar-refractivity contribution in [2.75, 3.05) is 20.2 Å². The van der Waals surface area contributed by atoms with E-state index in [0.29, 0.717) is 12.3 Å². The fourth-order valence-electron chi connectivity index (χ4n) is 3.53. The molecular formula is C27H31NO5. The number of methoxy groups -OCH3 is 1. The highest BCUT2D eigenvalue weighted by molar-refractivity contribution is 5.92. The number of carbonyl (C=O) groups is 1. The lowest BCUT2D eigenvalue weighted by Gasteiger charge is -2.14. The van der Waals surface area contributed by atoms with E-state index in [1.807, 2.05) is 50.2 Å². The molecule has 3 aromatic rings. The molecule has 0 aliphatic rings. The lowest BCUT2D eigenvalue weighted by Crippen LogP contribution is -2.23. The van der Waals surface area contributed by atoms with Gasteiger partial charge in [-0.2, -0.15) is 0 Å². The third-order valence-electron chi connectivity index (χ3n) is 5.27. The van der Waals surface area contributed by atoms with Crippen molar-refractivity contribution in [1.82, 2.24) is 5.32 Å². The van der Waals surface area contributed by atoms with Crippen LogP contribution in [0, 0.1) is 0 Å². The molecule has 0 aliphatic heterocycles. The van der Waals surface area contributed by atoms with Crippen LogP contribution in [-0.4, -0.2) is 42.5 Å². The summed E-state index contributed by atoms with van der Waals surface area (Å²) in [5, 5.41) is 23.1. The van der Waals surface area contributed by atoms with Crippen molar-refractivity contribution in [1.29, 1.82) is 0 Å². The first-order valence-corrected chi connectivity index (χ1v) is 11.0. The van der Waals surface area contributed by atoms with Gasteiger partial charge in [0.25, 0.3) is 0 Å². The first-order chi connectivity index (χ1) is 15.9. The third kappa shape index (κ3) is 6.81. The maximum Gasteiger partial charge on any atom is 0.339 e. The fraction of sp³-hybridized carbons (Fsp3) is 0.296. The Morgan fingerprint density at radius 1 is 1.00 bits per heavy atom. The highest BCUT2D eigenvalue weighted by Crippen LogP contribution is 2.28. The van der Waals surface area contributed by atoms with E-state index < -0.39 is 12.1 Å². The zero-order valence-electron chi connectivity index (χ0n) is 19.2. The Morgan fingerprint density at radius 3 is 2.39 bits per heavy atom. The molecule has 174 valence electrons. The number of hydrogen-bond acceptors (Lipinski definition) is 5. The van der Waals surface area contributed by atoms with Gasteiger partial charge in [-0.25, -0.2) is 4.79 Å². The first-order valence-electron chi connectivity index (χ1n) is 11.0. The maximum atomic E-state index is 11.5. The Morgan fingerprint density at radius 2 is 1.73 bits per heavy atom. The maximum absolute atomic E-state index is 11.5. The van der Waals surface area contributed by atoms with Gasteiger partial charge in [0.15, 0.2) is 0 Å². The van der Waals surface area contributed by atoms with Gasteiger partial charge in [-0.05, 0) is 73.3 Å². The summed E-state index contributed by atoms with van der Waals surface area (Å²) in [5.41, 5.74) is 4.04. The third-order valence-corrected chi connectivity index (χ3v) is 5.27. The molecule has 0 radical (unpaired) electrons. The summed E-state index contributed by atoms with van der Waals surface area (Å²) < 4.78 is 10.9. The van der Waals surface area contributed by atoms with Gasteiger partial charge < -0.3 is 25.0 Å². The molecule has 0 fully saturated rings. The number of aliphatic hydroxyl groups is 1.